The lowest BCUT2D eigenvalue weighted by Gasteiger charge is -2.31. The first-order chi connectivity index (χ1) is 9.63. The number of nitrogens with one attached hydrogen (secondary N) is 1. The maximum absolute atomic E-state index is 12.4. The topological polar surface area (TPSA) is 78.9 Å². The van der Waals surface area contributed by atoms with Crippen LogP contribution in [0.3, 0.4) is 0 Å². The summed E-state index contributed by atoms with van der Waals surface area (Å²) in [6.45, 7) is 3.86. The Morgan fingerprint density at radius 2 is 2.25 bits per heavy atom. The Kier molecular flexibility index (Phi) is 5.68. The quantitative estimate of drug-likeness (QED) is 0.746. The molecule has 2 heterocycles. The molecule has 2 saturated heterocycles. The van der Waals surface area contributed by atoms with E-state index >= 15 is 0 Å². The lowest BCUT2D eigenvalue weighted by atomic mass is 10.0. The molecule has 0 bridgehead atoms. The third-order valence-corrected chi connectivity index (χ3v) is 4.98. The molecule has 0 aliphatic carbocycles. The van der Waals surface area contributed by atoms with Crippen LogP contribution < -0.4 is 5.32 Å². The minimum atomic E-state index is -0.884. The molecule has 2 aliphatic heterocycles. The molecule has 114 valence electrons. The zero-order valence-electron chi connectivity index (χ0n) is 11.7. The zero-order chi connectivity index (χ0) is 14.5. The number of rotatable bonds is 5. The van der Waals surface area contributed by atoms with Crippen molar-refractivity contribution in [3.05, 3.63) is 0 Å². The average Bonchev–Trinajstić information content (AvgIpc) is 2.90. The van der Waals surface area contributed by atoms with Crippen LogP contribution >= 0.6 is 11.8 Å². The SMILES string of the molecule is CCN(C(=O)CC1CSCCN1)C1COCC1C(=O)O. The summed E-state index contributed by atoms with van der Waals surface area (Å²) in [7, 11) is 0. The van der Waals surface area contributed by atoms with Gasteiger partial charge in [0.15, 0.2) is 0 Å². The number of carbonyl (C=O) groups excluding carboxylic acids is 1. The highest BCUT2D eigenvalue weighted by Crippen LogP contribution is 2.21. The molecule has 0 aromatic carbocycles. The number of hydrogen-bond donors (Lipinski definition) is 2. The van der Waals surface area contributed by atoms with Crippen molar-refractivity contribution in [2.75, 3.05) is 37.8 Å². The Morgan fingerprint density at radius 1 is 1.45 bits per heavy atom. The fourth-order valence-corrected chi connectivity index (χ4v) is 3.71. The van der Waals surface area contributed by atoms with Crippen molar-refractivity contribution < 1.29 is 19.4 Å². The number of ether oxygens (including phenoxy) is 1. The van der Waals surface area contributed by atoms with Gasteiger partial charge in [-0.15, -0.1) is 0 Å². The van der Waals surface area contributed by atoms with Crippen molar-refractivity contribution in [2.45, 2.75) is 25.4 Å². The Morgan fingerprint density at radius 3 is 2.85 bits per heavy atom. The number of nitrogens with zero attached hydrogens (tertiary/aromatic N) is 1. The minimum absolute atomic E-state index is 0.0225. The number of hydrogen-bond acceptors (Lipinski definition) is 5. The molecule has 6 nitrogen and oxygen atoms in total. The smallest absolute Gasteiger partial charge is 0.311 e. The third-order valence-electron chi connectivity index (χ3n) is 3.85. The first-order valence-electron chi connectivity index (χ1n) is 7.04. The second kappa shape index (κ2) is 7.28. The summed E-state index contributed by atoms with van der Waals surface area (Å²) >= 11 is 1.85. The maximum Gasteiger partial charge on any atom is 0.311 e. The van der Waals surface area contributed by atoms with Gasteiger partial charge in [-0.25, -0.2) is 0 Å². The third kappa shape index (κ3) is 3.65. The van der Waals surface area contributed by atoms with Crippen LogP contribution in [0.5, 0.6) is 0 Å². The first-order valence-corrected chi connectivity index (χ1v) is 8.20. The molecular weight excluding hydrogens is 280 g/mol. The molecule has 0 aromatic heterocycles. The van der Waals surface area contributed by atoms with E-state index in [0.717, 1.165) is 18.1 Å². The molecule has 2 aliphatic rings. The normalized spacial score (nSPS) is 30.1. The standard InChI is InChI=1S/C13H22N2O4S/c1-2-15(11-7-19-6-10(11)13(17)18)12(16)5-9-8-20-4-3-14-9/h9-11,14H,2-8H2,1H3,(H,17,18). The molecule has 2 rings (SSSR count). The van der Waals surface area contributed by atoms with E-state index in [1.54, 1.807) is 4.90 Å². The van der Waals surface area contributed by atoms with E-state index in [2.05, 4.69) is 5.32 Å². The van der Waals surface area contributed by atoms with Crippen LogP contribution in [0.15, 0.2) is 0 Å². The second-order valence-electron chi connectivity index (χ2n) is 5.16. The van der Waals surface area contributed by atoms with Crippen molar-refractivity contribution in [1.82, 2.24) is 10.2 Å². The molecule has 3 unspecified atom stereocenters. The molecule has 7 heteroatoms. The van der Waals surface area contributed by atoms with Gasteiger partial charge in [0.2, 0.25) is 5.91 Å². The van der Waals surface area contributed by atoms with Gasteiger partial charge in [0.25, 0.3) is 0 Å². The van der Waals surface area contributed by atoms with Gasteiger partial charge in [-0.05, 0) is 6.92 Å². The first kappa shape index (κ1) is 15.6. The van der Waals surface area contributed by atoms with Crippen LogP contribution in [-0.4, -0.2) is 71.8 Å². The number of carboxylic acid groups (broad SMARTS) is 1. The second-order valence-corrected chi connectivity index (χ2v) is 6.31. The summed E-state index contributed by atoms with van der Waals surface area (Å²) in [4.78, 5) is 25.3. The van der Waals surface area contributed by atoms with E-state index in [1.807, 2.05) is 18.7 Å². The van der Waals surface area contributed by atoms with Crippen LogP contribution in [0.1, 0.15) is 13.3 Å². The van der Waals surface area contributed by atoms with Crippen molar-refractivity contribution in [3.63, 3.8) is 0 Å². The largest absolute Gasteiger partial charge is 0.481 e. The summed E-state index contributed by atoms with van der Waals surface area (Å²) in [6, 6.07) is -0.137. The molecule has 3 atom stereocenters. The molecule has 20 heavy (non-hydrogen) atoms. The fourth-order valence-electron chi connectivity index (χ4n) is 2.76. The van der Waals surface area contributed by atoms with Gasteiger partial charge in [-0.3, -0.25) is 9.59 Å². The molecule has 2 N–H and O–H groups in total. The molecule has 2 fully saturated rings. The predicted molar refractivity (Wildman–Crippen MR) is 76.9 cm³/mol. The van der Waals surface area contributed by atoms with Crippen molar-refractivity contribution in [1.29, 1.82) is 0 Å². The fraction of sp³-hybridized carbons (Fsp3) is 0.846. The van der Waals surface area contributed by atoms with Gasteiger partial charge < -0.3 is 20.1 Å². The molecular formula is C13H22N2O4S. The number of aliphatic carboxylic acids is 1. The van der Waals surface area contributed by atoms with Crippen molar-refractivity contribution in [2.24, 2.45) is 5.92 Å². The van der Waals surface area contributed by atoms with Gasteiger partial charge in [0, 0.05) is 37.1 Å². The van der Waals surface area contributed by atoms with Gasteiger partial charge in [0.1, 0.15) is 5.92 Å². The number of carbonyl (C=O) groups is 2. The molecule has 0 spiro atoms. The van der Waals surface area contributed by atoms with Crippen LogP contribution in [0.25, 0.3) is 0 Å². The van der Waals surface area contributed by atoms with Gasteiger partial charge >= 0.3 is 5.97 Å². The Labute approximate surface area is 123 Å². The van der Waals surface area contributed by atoms with E-state index in [4.69, 9.17) is 4.74 Å². The Hall–Kier alpha value is -0.790. The van der Waals surface area contributed by atoms with Crippen molar-refractivity contribution in [3.8, 4) is 0 Å². The number of carboxylic acids is 1. The number of amides is 1. The highest BCUT2D eigenvalue weighted by atomic mass is 32.2. The zero-order valence-corrected chi connectivity index (χ0v) is 12.5. The van der Waals surface area contributed by atoms with E-state index in [0.29, 0.717) is 19.6 Å². The van der Waals surface area contributed by atoms with Gasteiger partial charge in [-0.2, -0.15) is 11.8 Å². The lowest BCUT2D eigenvalue weighted by molar-refractivity contribution is -0.145. The molecule has 0 saturated carbocycles. The number of likely N-dealkylation sites (N-methyl/N-ethyl adjacent to an activating group) is 1. The maximum atomic E-state index is 12.4. The lowest BCUT2D eigenvalue weighted by Crippen LogP contribution is -2.49. The average molecular weight is 302 g/mol. The van der Waals surface area contributed by atoms with Crippen molar-refractivity contribution >= 4 is 23.6 Å². The highest BCUT2D eigenvalue weighted by Gasteiger charge is 2.39. The highest BCUT2D eigenvalue weighted by molar-refractivity contribution is 7.99. The Balaban J connectivity index is 1.95. The van der Waals surface area contributed by atoms with E-state index < -0.39 is 11.9 Å². The van der Waals surface area contributed by atoms with Crippen LogP contribution in [-0.2, 0) is 14.3 Å². The van der Waals surface area contributed by atoms with Crippen LogP contribution in [0.4, 0.5) is 0 Å². The predicted octanol–water partition coefficient (Wildman–Crippen LogP) is 0.0296. The molecule has 1 amide bonds. The van der Waals surface area contributed by atoms with Crippen LogP contribution in [0.2, 0.25) is 0 Å². The minimum Gasteiger partial charge on any atom is -0.481 e. The Bertz CT molecular complexity index is 360. The van der Waals surface area contributed by atoms with E-state index in [1.165, 1.54) is 0 Å². The summed E-state index contributed by atoms with van der Waals surface area (Å²) in [6.07, 6.45) is 0.434. The van der Waals surface area contributed by atoms with Crippen LogP contribution in [0, 0.1) is 5.92 Å². The van der Waals surface area contributed by atoms with Gasteiger partial charge in [-0.1, -0.05) is 0 Å². The summed E-state index contributed by atoms with van der Waals surface area (Å²) in [5.74, 6) is 0.555. The van der Waals surface area contributed by atoms with Gasteiger partial charge in [0.05, 0.1) is 19.3 Å². The molecule has 0 radical (unpaired) electrons. The summed E-state index contributed by atoms with van der Waals surface area (Å²) in [5.41, 5.74) is 0. The van der Waals surface area contributed by atoms with E-state index in [-0.39, 0.29) is 24.6 Å². The van der Waals surface area contributed by atoms with E-state index in [9.17, 15) is 14.7 Å². The number of thioether (sulfide) groups is 1. The summed E-state index contributed by atoms with van der Waals surface area (Å²) < 4.78 is 5.26. The summed E-state index contributed by atoms with van der Waals surface area (Å²) in [5, 5.41) is 12.5. The molecule has 0 aromatic rings. The monoisotopic (exact) mass is 302 g/mol.